The van der Waals surface area contributed by atoms with Gasteiger partial charge in [0.1, 0.15) is 5.82 Å². The second-order valence-electron chi connectivity index (χ2n) is 6.49. The summed E-state index contributed by atoms with van der Waals surface area (Å²) < 4.78 is 4.38. The van der Waals surface area contributed by atoms with Crippen molar-refractivity contribution in [2.24, 2.45) is 0 Å². The first-order valence-corrected chi connectivity index (χ1v) is 10.8. The van der Waals surface area contributed by atoms with Crippen LogP contribution in [0.15, 0.2) is 42.5 Å². The molecule has 0 saturated carbocycles. The first-order valence-electron chi connectivity index (χ1n) is 8.89. The number of amides is 1. The monoisotopic (exact) mass is 468 g/mol. The number of hydrogen-bond donors (Lipinski definition) is 1. The van der Waals surface area contributed by atoms with E-state index in [0.717, 1.165) is 17.0 Å². The summed E-state index contributed by atoms with van der Waals surface area (Å²) in [5, 5.41) is 5.49. The van der Waals surface area contributed by atoms with Crippen LogP contribution in [0.3, 0.4) is 0 Å². The van der Waals surface area contributed by atoms with Crippen LogP contribution in [0.2, 0.25) is 15.1 Å². The molecule has 0 aliphatic rings. The Labute approximate surface area is 188 Å². The molecule has 9 heteroatoms. The lowest BCUT2D eigenvalue weighted by Gasteiger charge is -2.15. The van der Waals surface area contributed by atoms with Crippen LogP contribution < -0.4 is 10.2 Å². The third-order valence-corrected chi connectivity index (χ3v) is 5.88. The fraction of sp³-hybridized carbons (Fsp3) is 0.250. The lowest BCUT2D eigenvalue weighted by Crippen LogP contribution is -2.36. The summed E-state index contributed by atoms with van der Waals surface area (Å²) in [5.41, 5.74) is 2.03. The number of benzene rings is 2. The molecule has 0 spiro atoms. The number of likely N-dealkylation sites (N-methyl/N-ethyl adjacent to an activating group) is 1. The Kier molecular flexibility index (Phi) is 7.72. The highest BCUT2D eigenvalue weighted by atomic mass is 35.5. The summed E-state index contributed by atoms with van der Waals surface area (Å²) in [6.07, 6.45) is 1.26. The van der Waals surface area contributed by atoms with Gasteiger partial charge in [-0.2, -0.15) is 4.37 Å². The first-order chi connectivity index (χ1) is 13.9. The van der Waals surface area contributed by atoms with Gasteiger partial charge in [0.2, 0.25) is 11.0 Å². The van der Waals surface area contributed by atoms with Gasteiger partial charge in [0.15, 0.2) is 0 Å². The number of rotatable bonds is 8. The SMILES string of the molecule is CN(CC(=O)NCCc1ccc(Cl)cc1Cl)c1nc(Cc2ccc(Cl)cc2)ns1. The van der Waals surface area contributed by atoms with E-state index in [1.165, 1.54) is 11.5 Å². The zero-order valence-electron chi connectivity index (χ0n) is 15.7. The summed E-state index contributed by atoms with van der Waals surface area (Å²) in [5.74, 6) is 0.629. The van der Waals surface area contributed by atoms with Crippen LogP contribution in [-0.4, -0.2) is 35.4 Å². The van der Waals surface area contributed by atoms with E-state index >= 15 is 0 Å². The third-order valence-electron chi connectivity index (χ3n) is 4.17. The van der Waals surface area contributed by atoms with Crippen molar-refractivity contribution in [3.05, 3.63) is 74.5 Å². The molecule has 3 aromatic rings. The van der Waals surface area contributed by atoms with Crippen LogP contribution >= 0.6 is 46.3 Å². The summed E-state index contributed by atoms with van der Waals surface area (Å²) >= 11 is 19.2. The van der Waals surface area contributed by atoms with Crippen LogP contribution in [0, 0.1) is 0 Å². The minimum absolute atomic E-state index is 0.0907. The molecule has 0 atom stereocenters. The van der Waals surface area contributed by atoms with Gasteiger partial charge >= 0.3 is 0 Å². The van der Waals surface area contributed by atoms with Crippen LogP contribution in [0.25, 0.3) is 0 Å². The van der Waals surface area contributed by atoms with Crippen molar-refractivity contribution < 1.29 is 4.79 Å². The number of carbonyl (C=O) groups is 1. The predicted molar refractivity (Wildman–Crippen MR) is 121 cm³/mol. The number of hydrogen-bond acceptors (Lipinski definition) is 5. The fourth-order valence-corrected chi connectivity index (χ4v) is 3.93. The summed E-state index contributed by atoms with van der Waals surface area (Å²) in [6, 6.07) is 12.9. The van der Waals surface area contributed by atoms with Gasteiger partial charge in [0.25, 0.3) is 0 Å². The van der Waals surface area contributed by atoms with Gasteiger partial charge in [-0.1, -0.05) is 53.0 Å². The number of anilines is 1. The number of nitrogens with zero attached hydrogens (tertiary/aromatic N) is 3. The Morgan fingerprint density at radius 3 is 2.55 bits per heavy atom. The molecular weight excluding hydrogens is 451 g/mol. The molecule has 0 radical (unpaired) electrons. The van der Waals surface area contributed by atoms with Gasteiger partial charge in [-0.25, -0.2) is 4.98 Å². The quantitative estimate of drug-likeness (QED) is 0.510. The zero-order valence-corrected chi connectivity index (χ0v) is 18.7. The predicted octanol–water partition coefficient (Wildman–Crippen LogP) is 4.88. The number of halogens is 3. The Bertz CT molecular complexity index is 978. The number of aromatic nitrogens is 2. The molecule has 0 aliphatic heterocycles. The minimum atomic E-state index is -0.0907. The molecule has 2 aromatic carbocycles. The Balaban J connectivity index is 1.47. The highest BCUT2D eigenvalue weighted by Gasteiger charge is 2.13. The maximum absolute atomic E-state index is 12.2. The summed E-state index contributed by atoms with van der Waals surface area (Å²) in [7, 11) is 1.82. The largest absolute Gasteiger partial charge is 0.354 e. The molecule has 5 nitrogen and oxygen atoms in total. The molecule has 29 heavy (non-hydrogen) atoms. The first kappa shape index (κ1) is 21.8. The van der Waals surface area contributed by atoms with Crippen molar-refractivity contribution in [2.45, 2.75) is 12.8 Å². The van der Waals surface area contributed by atoms with Crippen molar-refractivity contribution in [3.63, 3.8) is 0 Å². The molecule has 1 N–H and O–H groups in total. The van der Waals surface area contributed by atoms with Crippen LogP contribution in [-0.2, 0) is 17.6 Å². The van der Waals surface area contributed by atoms with Crippen LogP contribution in [0.1, 0.15) is 17.0 Å². The highest BCUT2D eigenvalue weighted by molar-refractivity contribution is 7.09. The Morgan fingerprint density at radius 1 is 1.10 bits per heavy atom. The van der Waals surface area contributed by atoms with Gasteiger partial charge in [0, 0.05) is 46.6 Å². The number of nitrogens with one attached hydrogen (secondary N) is 1. The average molecular weight is 470 g/mol. The maximum atomic E-state index is 12.2. The summed E-state index contributed by atoms with van der Waals surface area (Å²) in [4.78, 5) is 18.5. The average Bonchev–Trinajstić information content (AvgIpc) is 3.14. The zero-order chi connectivity index (χ0) is 20.8. The maximum Gasteiger partial charge on any atom is 0.239 e. The molecule has 152 valence electrons. The lowest BCUT2D eigenvalue weighted by molar-refractivity contribution is -0.119. The van der Waals surface area contributed by atoms with Crippen LogP contribution in [0.4, 0.5) is 5.13 Å². The molecule has 1 aromatic heterocycles. The van der Waals surface area contributed by atoms with Gasteiger partial charge in [0.05, 0.1) is 6.54 Å². The normalized spacial score (nSPS) is 10.8. The molecule has 1 heterocycles. The van der Waals surface area contributed by atoms with E-state index in [1.54, 1.807) is 17.0 Å². The van der Waals surface area contributed by atoms with Gasteiger partial charge in [-0.05, 0) is 41.8 Å². The minimum Gasteiger partial charge on any atom is -0.354 e. The third kappa shape index (κ3) is 6.57. The van der Waals surface area contributed by atoms with E-state index in [2.05, 4.69) is 14.7 Å². The van der Waals surface area contributed by atoms with Crippen molar-refractivity contribution in [2.75, 3.05) is 25.0 Å². The van der Waals surface area contributed by atoms with E-state index in [4.69, 9.17) is 34.8 Å². The van der Waals surface area contributed by atoms with E-state index in [-0.39, 0.29) is 12.5 Å². The standard InChI is InChI=1S/C20H19Cl3N4OS/c1-27(12-19(28)24-9-8-14-4-7-16(22)11-17(14)23)20-25-18(26-29-20)10-13-2-5-15(21)6-3-13/h2-7,11H,8-10,12H2,1H3,(H,24,28). The molecule has 0 aliphatic carbocycles. The highest BCUT2D eigenvalue weighted by Crippen LogP contribution is 2.21. The molecular formula is C20H19Cl3N4OS. The molecule has 1 amide bonds. The molecule has 3 rings (SSSR count). The second-order valence-corrected chi connectivity index (χ2v) is 8.50. The molecule has 0 saturated heterocycles. The lowest BCUT2D eigenvalue weighted by atomic mass is 10.1. The van der Waals surface area contributed by atoms with Gasteiger partial charge in [-0.15, -0.1) is 0 Å². The van der Waals surface area contributed by atoms with Gasteiger partial charge < -0.3 is 10.2 Å². The molecule has 0 fully saturated rings. The Morgan fingerprint density at radius 2 is 1.83 bits per heavy atom. The van der Waals surface area contributed by atoms with Gasteiger partial charge in [-0.3, -0.25) is 4.79 Å². The van der Waals surface area contributed by atoms with Crippen molar-refractivity contribution in [1.82, 2.24) is 14.7 Å². The van der Waals surface area contributed by atoms with Crippen LogP contribution in [0.5, 0.6) is 0 Å². The summed E-state index contributed by atoms with van der Waals surface area (Å²) in [6.45, 7) is 0.690. The number of carbonyl (C=O) groups excluding carboxylic acids is 1. The Hall–Kier alpha value is -1.86. The topological polar surface area (TPSA) is 58.1 Å². The van der Waals surface area contributed by atoms with Crippen molar-refractivity contribution in [1.29, 1.82) is 0 Å². The van der Waals surface area contributed by atoms with Crippen molar-refractivity contribution >= 4 is 57.4 Å². The van der Waals surface area contributed by atoms with E-state index < -0.39 is 0 Å². The van der Waals surface area contributed by atoms with E-state index in [9.17, 15) is 4.79 Å². The van der Waals surface area contributed by atoms with E-state index in [0.29, 0.717) is 39.6 Å². The second kappa shape index (κ2) is 10.3. The molecule has 0 bridgehead atoms. The smallest absolute Gasteiger partial charge is 0.239 e. The van der Waals surface area contributed by atoms with Crippen molar-refractivity contribution in [3.8, 4) is 0 Å². The van der Waals surface area contributed by atoms with E-state index in [1.807, 2.05) is 37.4 Å². The fourth-order valence-electron chi connectivity index (χ4n) is 2.66. The molecule has 0 unspecified atom stereocenters.